The van der Waals surface area contributed by atoms with Gasteiger partial charge in [-0.3, -0.25) is 14.7 Å². The first kappa shape index (κ1) is 19.0. The molecule has 2 N–H and O–H groups in total. The number of piperidine rings is 2. The highest BCUT2D eigenvalue weighted by atomic mass is 16.5. The zero-order valence-corrected chi connectivity index (χ0v) is 16.8. The molecule has 0 aliphatic carbocycles. The van der Waals surface area contributed by atoms with E-state index in [-0.39, 0.29) is 17.4 Å². The molecule has 7 heteroatoms. The van der Waals surface area contributed by atoms with E-state index in [1.807, 2.05) is 23.1 Å². The van der Waals surface area contributed by atoms with Crippen LogP contribution in [0, 0.1) is 5.41 Å². The topological polar surface area (TPSA) is 81.7 Å². The molecular formula is C22H30N4O3. The van der Waals surface area contributed by atoms with Crippen molar-refractivity contribution in [3.05, 3.63) is 30.1 Å². The van der Waals surface area contributed by atoms with Crippen molar-refractivity contribution in [3.8, 4) is 0 Å². The average Bonchev–Trinajstić information content (AvgIpc) is 3.18. The molecule has 2 aromatic rings. The molecule has 3 saturated heterocycles. The maximum Gasteiger partial charge on any atom is 0.270 e. The fourth-order valence-electron chi connectivity index (χ4n) is 5.51. The molecule has 3 aliphatic heterocycles. The molecule has 29 heavy (non-hydrogen) atoms. The summed E-state index contributed by atoms with van der Waals surface area (Å²) in [4.78, 5) is 25.0. The minimum absolute atomic E-state index is 0.0514. The van der Waals surface area contributed by atoms with Gasteiger partial charge < -0.3 is 19.7 Å². The first-order valence-corrected chi connectivity index (χ1v) is 10.8. The van der Waals surface area contributed by atoms with Crippen LogP contribution in [-0.2, 0) is 4.74 Å². The van der Waals surface area contributed by atoms with Gasteiger partial charge in [-0.15, -0.1) is 0 Å². The lowest BCUT2D eigenvalue weighted by Gasteiger charge is -2.51. The third-order valence-electron chi connectivity index (χ3n) is 7.09. The summed E-state index contributed by atoms with van der Waals surface area (Å²) < 4.78 is 5.52. The molecule has 3 aliphatic rings. The van der Waals surface area contributed by atoms with Gasteiger partial charge in [0.2, 0.25) is 0 Å². The average molecular weight is 399 g/mol. The maximum absolute atomic E-state index is 13.0. The molecule has 0 radical (unpaired) electrons. The molecule has 156 valence electrons. The Bertz CT molecular complexity index is 835. The molecule has 0 saturated carbocycles. The van der Waals surface area contributed by atoms with Crippen LogP contribution < -0.4 is 0 Å². The predicted molar refractivity (Wildman–Crippen MR) is 110 cm³/mol. The van der Waals surface area contributed by atoms with E-state index in [0.717, 1.165) is 82.5 Å². The summed E-state index contributed by atoms with van der Waals surface area (Å²) >= 11 is 0. The van der Waals surface area contributed by atoms with E-state index < -0.39 is 0 Å². The number of ether oxygens (including phenoxy) is 1. The number of rotatable bonds is 2. The molecule has 3 fully saturated rings. The molecule has 1 spiro atoms. The van der Waals surface area contributed by atoms with Gasteiger partial charge in [-0.1, -0.05) is 0 Å². The smallest absolute Gasteiger partial charge is 0.270 e. The van der Waals surface area contributed by atoms with Crippen LogP contribution in [0.4, 0.5) is 0 Å². The number of pyridine rings is 1. The first-order chi connectivity index (χ1) is 14.1. The van der Waals surface area contributed by atoms with E-state index in [2.05, 4.69) is 14.9 Å². The molecule has 5 rings (SSSR count). The van der Waals surface area contributed by atoms with Crippen molar-refractivity contribution in [2.45, 2.75) is 44.2 Å². The number of H-pyrrole nitrogens is 1. The highest BCUT2D eigenvalue weighted by Gasteiger charge is 2.44. The predicted octanol–water partition coefficient (Wildman–Crippen LogP) is 2.03. The number of hydrogen-bond donors (Lipinski definition) is 2. The van der Waals surface area contributed by atoms with Gasteiger partial charge in [0.1, 0.15) is 5.69 Å². The van der Waals surface area contributed by atoms with Crippen LogP contribution >= 0.6 is 0 Å². The van der Waals surface area contributed by atoms with Crippen molar-refractivity contribution in [3.63, 3.8) is 0 Å². The van der Waals surface area contributed by atoms with Gasteiger partial charge in [0.25, 0.3) is 5.91 Å². The highest BCUT2D eigenvalue weighted by molar-refractivity contribution is 5.97. The van der Waals surface area contributed by atoms with E-state index in [1.165, 1.54) is 0 Å². The van der Waals surface area contributed by atoms with Gasteiger partial charge in [-0.25, -0.2) is 0 Å². The van der Waals surface area contributed by atoms with Gasteiger partial charge in [0.15, 0.2) is 0 Å². The van der Waals surface area contributed by atoms with Gasteiger partial charge in [-0.2, -0.15) is 0 Å². The third kappa shape index (κ3) is 3.79. The summed E-state index contributed by atoms with van der Waals surface area (Å²) in [5.74, 6) is 0.0514. The number of β-amino-alcohol motifs (C(OH)–C–C–N with tert-alkyl or cyclic N) is 1. The second-order valence-corrected chi connectivity index (χ2v) is 9.04. The summed E-state index contributed by atoms with van der Waals surface area (Å²) in [5, 5.41) is 10.6. The lowest BCUT2D eigenvalue weighted by molar-refractivity contribution is -0.0695. The molecule has 5 heterocycles. The molecule has 0 bridgehead atoms. The summed E-state index contributed by atoms with van der Waals surface area (Å²) in [6.07, 6.45) is 6.35. The van der Waals surface area contributed by atoms with Gasteiger partial charge in [0.05, 0.1) is 17.1 Å². The zero-order chi connectivity index (χ0) is 19.8. The first-order valence-electron chi connectivity index (χ1n) is 10.8. The van der Waals surface area contributed by atoms with Crippen molar-refractivity contribution < 1.29 is 14.6 Å². The lowest BCUT2D eigenvalue weighted by atomic mass is 9.71. The van der Waals surface area contributed by atoms with Crippen molar-refractivity contribution in [1.82, 2.24) is 19.8 Å². The van der Waals surface area contributed by atoms with Crippen LogP contribution in [0.15, 0.2) is 24.4 Å². The van der Waals surface area contributed by atoms with Crippen LogP contribution in [-0.4, -0.2) is 82.3 Å². The Balaban J connectivity index is 1.25. The quantitative estimate of drug-likeness (QED) is 0.809. The fourth-order valence-corrected chi connectivity index (χ4v) is 5.51. The second kappa shape index (κ2) is 7.70. The summed E-state index contributed by atoms with van der Waals surface area (Å²) in [6.45, 7) is 4.95. The molecule has 2 aromatic heterocycles. The Morgan fingerprint density at radius 3 is 2.83 bits per heavy atom. The molecule has 1 amide bonds. The standard InChI is InChI=1S/C22H30N4O3/c27-17-13-22(15-26(14-17)16-3-10-29-11-4-16)5-8-25(9-6-22)21(28)20-12-19-18(24-20)2-1-7-23-19/h1-2,7,12,16-17,24,27H,3-6,8-11,13-15H2. The number of aromatic amines is 1. The number of nitrogens with zero attached hydrogens (tertiary/aromatic N) is 3. The van der Waals surface area contributed by atoms with E-state index in [1.54, 1.807) is 6.20 Å². The van der Waals surface area contributed by atoms with Crippen LogP contribution in [0.5, 0.6) is 0 Å². The SMILES string of the molecule is O=C(c1cc2ncccc2[nH]1)N1CCC2(CC1)CC(O)CN(C1CCOCC1)C2. The van der Waals surface area contributed by atoms with Crippen molar-refractivity contribution in [2.24, 2.45) is 5.41 Å². The number of fused-ring (bicyclic) bond motifs is 1. The minimum atomic E-state index is -0.270. The van der Waals surface area contributed by atoms with E-state index in [4.69, 9.17) is 4.74 Å². The van der Waals surface area contributed by atoms with Crippen molar-refractivity contribution in [2.75, 3.05) is 39.4 Å². The molecule has 7 nitrogen and oxygen atoms in total. The van der Waals surface area contributed by atoms with E-state index in [9.17, 15) is 9.90 Å². The maximum atomic E-state index is 13.0. The summed E-state index contributed by atoms with van der Waals surface area (Å²) in [5.41, 5.74) is 2.45. The second-order valence-electron chi connectivity index (χ2n) is 9.04. The number of likely N-dealkylation sites (tertiary alicyclic amines) is 2. The van der Waals surface area contributed by atoms with Gasteiger partial charge in [0, 0.05) is 51.6 Å². The Morgan fingerprint density at radius 2 is 2.07 bits per heavy atom. The Kier molecular flexibility index (Phi) is 5.05. The third-order valence-corrected chi connectivity index (χ3v) is 7.09. The number of carbonyl (C=O) groups excluding carboxylic acids is 1. The van der Waals surface area contributed by atoms with E-state index in [0.29, 0.717) is 11.7 Å². The number of hydrogen-bond acceptors (Lipinski definition) is 5. The molecule has 0 aromatic carbocycles. The van der Waals surface area contributed by atoms with E-state index >= 15 is 0 Å². The lowest BCUT2D eigenvalue weighted by Crippen LogP contribution is -2.57. The summed E-state index contributed by atoms with van der Waals surface area (Å²) in [7, 11) is 0. The number of amides is 1. The molecular weight excluding hydrogens is 368 g/mol. The number of carbonyl (C=O) groups is 1. The number of nitrogens with one attached hydrogen (secondary N) is 1. The highest BCUT2D eigenvalue weighted by Crippen LogP contribution is 2.41. The van der Waals surface area contributed by atoms with Crippen LogP contribution in [0.1, 0.15) is 42.6 Å². The van der Waals surface area contributed by atoms with Crippen molar-refractivity contribution >= 4 is 16.9 Å². The summed E-state index contributed by atoms with van der Waals surface area (Å²) in [6, 6.07) is 6.18. The van der Waals surface area contributed by atoms with Crippen LogP contribution in [0.3, 0.4) is 0 Å². The normalized spacial score (nSPS) is 26.2. The number of aliphatic hydroxyl groups excluding tert-OH is 1. The van der Waals surface area contributed by atoms with Crippen molar-refractivity contribution in [1.29, 1.82) is 0 Å². The largest absolute Gasteiger partial charge is 0.392 e. The zero-order valence-electron chi connectivity index (χ0n) is 16.8. The number of aromatic nitrogens is 2. The van der Waals surface area contributed by atoms with Crippen LogP contribution in [0.25, 0.3) is 11.0 Å². The monoisotopic (exact) mass is 398 g/mol. The van der Waals surface area contributed by atoms with Gasteiger partial charge in [-0.05, 0) is 55.7 Å². The minimum Gasteiger partial charge on any atom is -0.392 e. The molecule has 1 atom stereocenters. The fraction of sp³-hybridized carbons (Fsp3) is 0.636. The van der Waals surface area contributed by atoms with Crippen LogP contribution in [0.2, 0.25) is 0 Å². The Morgan fingerprint density at radius 1 is 1.28 bits per heavy atom. The Hall–Kier alpha value is -1.96. The molecule has 1 unspecified atom stereocenters. The number of aliphatic hydroxyl groups is 1. The van der Waals surface area contributed by atoms with Gasteiger partial charge >= 0.3 is 0 Å². The Labute approximate surface area is 171 Å².